The minimum absolute atomic E-state index is 0.233. The van der Waals surface area contributed by atoms with Gasteiger partial charge < -0.3 is 20.8 Å². The Morgan fingerprint density at radius 3 is 1.50 bits per heavy atom. The number of aryl methyl sites for hydroxylation is 1. The summed E-state index contributed by atoms with van der Waals surface area (Å²) in [7, 11) is 0. The first kappa shape index (κ1) is 26.3. The largest absolute Gasteiger partial charge is 0.478 e. The summed E-state index contributed by atoms with van der Waals surface area (Å²) in [4.78, 5) is 22.2. The Hall–Kier alpha value is -4.29. The molecule has 0 aliphatic heterocycles. The monoisotopic (exact) mass is 502 g/mol. The van der Waals surface area contributed by atoms with E-state index in [-0.39, 0.29) is 11.1 Å². The third-order valence-electron chi connectivity index (χ3n) is 5.73. The molecular formula is C29H27ClN2O4. The first-order valence-electron chi connectivity index (χ1n) is 11.2. The van der Waals surface area contributed by atoms with Crippen molar-refractivity contribution in [3.8, 4) is 0 Å². The molecule has 4 rings (SSSR count). The number of anilines is 4. The molecule has 0 atom stereocenters. The van der Waals surface area contributed by atoms with Crippen molar-refractivity contribution in [2.45, 2.75) is 20.8 Å². The number of carbonyl (C=O) groups is 2. The maximum atomic E-state index is 11.1. The van der Waals surface area contributed by atoms with Crippen LogP contribution in [0.3, 0.4) is 0 Å². The van der Waals surface area contributed by atoms with Gasteiger partial charge in [-0.2, -0.15) is 0 Å². The molecule has 0 saturated carbocycles. The number of rotatable bonds is 6. The highest BCUT2D eigenvalue weighted by Crippen LogP contribution is 2.28. The van der Waals surface area contributed by atoms with Crippen LogP contribution >= 0.6 is 11.6 Å². The number of nitrogens with one attached hydrogen (secondary N) is 2. The van der Waals surface area contributed by atoms with Gasteiger partial charge in [0.05, 0.1) is 22.5 Å². The lowest BCUT2D eigenvalue weighted by Gasteiger charge is -2.13. The Kier molecular flexibility index (Phi) is 8.71. The van der Waals surface area contributed by atoms with E-state index in [4.69, 9.17) is 21.8 Å². The summed E-state index contributed by atoms with van der Waals surface area (Å²) in [5, 5.41) is 25.2. The van der Waals surface area contributed by atoms with Gasteiger partial charge in [0.15, 0.2) is 0 Å². The molecule has 0 fully saturated rings. The number of hydrogen-bond acceptors (Lipinski definition) is 4. The van der Waals surface area contributed by atoms with Crippen LogP contribution in [0.4, 0.5) is 22.7 Å². The molecule has 0 aliphatic carbocycles. The molecule has 4 aromatic carbocycles. The third kappa shape index (κ3) is 6.43. The fraction of sp³-hybridized carbons (Fsp3) is 0.103. The van der Waals surface area contributed by atoms with Gasteiger partial charge in [0.25, 0.3) is 0 Å². The van der Waals surface area contributed by atoms with Crippen LogP contribution < -0.4 is 10.6 Å². The molecule has 7 heteroatoms. The van der Waals surface area contributed by atoms with Gasteiger partial charge in [-0.1, -0.05) is 54.1 Å². The Labute approximate surface area is 215 Å². The van der Waals surface area contributed by atoms with Gasteiger partial charge in [-0.05, 0) is 79.9 Å². The van der Waals surface area contributed by atoms with Crippen LogP contribution in [0.25, 0.3) is 0 Å². The average molecular weight is 503 g/mol. The van der Waals surface area contributed by atoms with E-state index in [1.54, 1.807) is 48.5 Å². The van der Waals surface area contributed by atoms with E-state index >= 15 is 0 Å². The third-order valence-corrected chi connectivity index (χ3v) is 6.14. The fourth-order valence-corrected chi connectivity index (χ4v) is 3.65. The second-order valence-electron chi connectivity index (χ2n) is 8.11. The van der Waals surface area contributed by atoms with Crippen molar-refractivity contribution >= 4 is 46.3 Å². The van der Waals surface area contributed by atoms with Crippen LogP contribution in [0.1, 0.15) is 37.4 Å². The number of hydrogen-bond donors (Lipinski definition) is 4. The Bertz CT molecular complexity index is 1290. The van der Waals surface area contributed by atoms with E-state index in [1.165, 1.54) is 5.56 Å². The quantitative estimate of drug-likeness (QED) is 0.214. The van der Waals surface area contributed by atoms with E-state index in [2.05, 4.69) is 10.6 Å². The number of benzene rings is 4. The first-order chi connectivity index (χ1) is 17.2. The average Bonchev–Trinajstić information content (AvgIpc) is 2.86. The molecular weight excluding hydrogens is 476 g/mol. The van der Waals surface area contributed by atoms with E-state index in [0.29, 0.717) is 16.4 Å². The highest BCUT2D eigenvalue weighted by Gasteiger charge is 2.11. The number of para-hydroxylation sites is 2. The standard InChI is InChI=1S/C15H15NO2.C14H12ClNO2/c1-10-6-5-9-13(11(10)2)16-14-8-4-3-7-12(14)15(17)18;1-9-11(15)6-4-8-12(9)16-13-7-3-2-5-10(13)14(17)18/h3-9,16H,1-2H3,(H,17,18);2-8,16H,1H3,(H,17,18). The van der Waals surface area contributed by atoms with Gasteiger partial charge in [-0.3, -0.25) is 0 Å². The van der Waals surface area contributed by atoms with Crippen LogP contribution in [-0.2, 0) is 0 Å². The van der Waals surface area contributed by atoms with Crippen LogP contribution in [0.2, 0.25) is 5.02 Å². The van der Waals surface area contributed by atoms with Crippen molar-refractivity contribution in [3.63, 3.8) is 0 Å². The fourth-order valence-electron chi connectivity index (χ4n) is 3.48. The van der Waals surface area contributed by atoms with Gasteiger partial charge in [0.2, 0.25) is 0 Å². The Balaban J connectivity index is 0.000000201. The zero-order valence-electron chi connectivity index (χ0n) is 20.2. The van der Waals surface area contributed by atoms with E-state index in [0.717, 1.165) is 22.5 Å². The van der Waals surface area contributed by atoms with Gasteiger partial charge in [-0.25, -0.2) is 9.59 Å². The van der Waals surface area contributed by atoms with Gasteiger partial charge >= 0.3 is 11.9 Å². The highest BCUT2D eigenvalue weighted by atomic mass is 35.5. The van der Waals surface area contributed by atoms with Crippen molar-refractivity contribution in [1.82, 2.24) is 0 Å². The van der Waals surface area contributed by atoms with Gasteiger partial charge in [-0.15, -0.1) is 0 Å². The van der Waals surface area contributed by atoms with Gasteiger partial charge in [0, 0.05) is 16.4 Å². The summed E-state index contributed by atoms with van der Waals surface area (Å²) in [6.45, 7) is 5.93. The maximum absolute atomic E-state index is 11.1. The molecule has 0 unspecified atom stereocenters. The minimum atomic E-state index is -0.960. The van der Waals surface area contributed by atoms with Crippen molar-refractivity contribution < 1.29 is 19.8 Å². The van der Waals surface area contributed by atoms with Gasteiger partial charge in [0.1, 0.15) is 0 Å². The smallest absolute Gasteiger partial charge is 0.337 e. The van der Waals surface area contributed by atoms with Crippen LogP contribution in [0.15, 0.2) is 84.9 Å². The summed E-state index contributed by atoms with van der Waals surface area (Å²) >= 11 is 6.03. The lowest BCUT2D eigenvalue weighted by Crippen LogP contribution is -2.03. The van der Waals surface area contributed by atoms with E-state index < -0.39 is 11.9 Å². The van der Waals surface area contributed by atoms with E-state index in [1.807, 2.05) is 57.2 Å². The van der Waals surface area contributed by atoms with Crippen molar-refractivity contribution in [3.05, 3.63) is 118 Å². The van der Waals surface area contributed by atoms with Crippen LogP contribution in [0, 0.1) is 20.8 Å². The summed E-state index contributed by atoms with van der Waals surface area (Å²) in [5.41, 5.74) is 6.59. The number of carboxylic acids is 2. The normalized spacial score (nSPS) is 10.1. The molecule has 36 heavy (non-hydrogen) atoms. The molecule has 0 spiro atoms. The molecule has 6 nitrogen and oxygen atoms in total. The first-order valence-corrected chi connectivity index (χ1v) is 11.6. The SMILES string of the molecule is Cc1c(Cl)cccc1Nc1ccccc1C(=O)O.Cc1cccc(Nc2ccccc2C(=O)O)c1C. The molecule has 0 aliphatic rings. The summed E-state index contributed by atoms with van der Waals surface area (Å²) < 4.78 is 0. The zero-order chi connectivity index (χ0) is 26.2. The summed E-state index contributed by atoms with van der Waals surface area (Å²) in [6, 6.07) is 25.1. The number of aromatic carboxylic acids is 2. The van der Waals surface area contributed by atoms with Crippen LogP contribution in [0.5, 0.6) is 0 Å². The molecule has 4 N–H and O–H groups in total. The molecule has 4 aromatic rings. The topological polar surface area (TPSA) is 98.7 Å². The molecule has 0 aromatic heterocycles. The van der Waals surface area contributed by atoms with Crippen molar-refractivity contribution in [1.29, 1.82) is 0 Å². The second kappa shape index (κ2) is 11.9. The summed E-state index contributed by atoms with van der Waals surface area (Å²) in [5.74, 6) is -1.89. The van der Waals surface area contributed by atoms with Crippen LogP contribution in [-0.4, -0.2) is 22.2 Å². The Morgan fingerprint density at radius 2 is 1.00 bits per heavy atom. The Morgan fingerprint density at radius 1 is 0.583 bits per heavy atom. The predicted molar refractivity (Wildman–Crippen MR) is 145 cm³/mol. The second-order valence-corrected chi connectivity index (χ2v) is 8.52. The summed E-state index contributed by atoms with van der Waals surface area (Å²) in [6.07, 6.45) is 0. The lowest BCUT2D eigenvalue weighted by molar-refractivity contribution is 0.0687. The number of carboxylic acid groups (broad SMARTS) is 2. The molecule has 0 radical (unpaired) electrons. The lowest BCUT2D eigenvalue weighted by atomic mass is 10.1. The molecule has 0 saturated heterocycles. The predicted octanol–water partition coefficient (Wildman–Crippen LogP) is 7.84. The zero-order valence-corrected chi connectivity index (χ0v) is 20.9. The van der Waals surface area contributed by atoms with Crippen molar-refractivity contribution in [2.24, 2.45) is 0 Å². The number of halogens is 1. The molecule has 0 amide bonds. The maximum Gasteiger partial charge on any atom is 0.337 e. The minimum Gasteiger partial charge on any atom is -0.478 e. The molecule has 0 bridgehead atoms. The molecule has 0 heterocycles. The van der Waals surface area contributed by atoms with E-state index in [9.17, 15) is 9.59 Å². The highest BCUT2D eigenvalue weighted by molar-refractivity contribution is 6.31. The molecule has 184 valence electrons. The van der Waals surface area contributed by atoms with Crippen molar-refractivity contribution in [2.75, 3.05) is 10.6 Å².